The number of esters is 1. The predicted molar refractivity (Wildman–Crippen MR) is 132 cm³/mol. The van der Waals surface area contributed by atoms with Gasteiger partial charge in [0, 0.05) is 26.1 Å². The largest absolute Gasteiger partial charge is 0.481 e. The van der Waals surface area contributed by atoms with Crippen LogP contribution in [0.15, 0.2) is 21.9 Å². The molecule has 0 spiro atoms. The molecule has 2 amide bonds. The molecule has 9 N–H and O–H groups in total. The molecule has 2 aliphatic rings. The maximum absolute atomic E-state index is 13.1. The van der Waals surface area contributed by atoms with Crippen molar-refractivity contribution in [2.24, 2.45) is 0 Å². The van der Waals surface area contributed by atoms with E-state index < -0.39 is 106 Å². The number of carbonyl (C=O) groups excluding carboxylic acids is 3. The third kappa shape index (κ3) is 8.85. The van der Waals surface area contributed by atoms with Crippen molar-refractivity contribution in [1.82, 2.24) is 20.2 Å². The molecule has 43 heavy (non-hydrogen) atoms. The summed E-state index contributed by atoms with van der Waals surface area (Å²) in [4.78, 5) is 89.2. The van der Waals surface area contributed by atoms with Gasteiger partial charge in [0.1, 0.15) is 24.4 Å². The van der Waals surface area contributed by atoms with Crippen LogP contribution < -0.4 is 21.9 Å². The first-order valence-corrected chi connectivity index (χ1v) is 15.0. The zero-order valence-corrected chi connectivity index (χ0v) is 23.8. The van der Waals surface area contributed by atoms with E-state index in [-0.39, 0.29) is 0 Å². The van der Waals surface area contributed by atoms with Crippen molar-refractivity contribution in [3.05, 3.63) is 33.1 Å². The van der Waals surface area contributed by atoms with Crippen molar-refractivity contribution in [1.29, 1.82) is 0 Å². The van der Waals surface area contributed by atoms with E-state index >= 15 is 0 Å². The molecule has 2 aliphatic heterocycles. The van der Waals surface area contributed by atoms with Crippen LogP contribution in [0.25, 0.3) is 0 Å². The molecule has 242 valence electrons. The van der Waals surface area contributed by atoms with E-state index in [1.54, 1.807) is 0 Å². The minimum absolute atomic E-state index is 0.637. The molecule has 24 heteroatoms. The SMILES string of the molecule is CC(=O)N[C@@H]1[C@@H](NC(C)=O)[C@H](O)[C@@H](C(=O)O[C@H]2[C@@H](O)[C@H](n3ccc(=O)[nH]c3=O)O[C@@H]2COP(=O)(O)OP(=O)(O)O)O[C@@H]1O. The van der Waals surface area contributed by atoms with Gasteiger partial charge in [-0.3, -0.25) is 28.5 Å². The number of aliphatic hydroxyl groups excluding tert-OH is 3. The summed E-state index contributed by atoms with van der Waals surface area (Å²) in [6.45, 7) is 0.931. The van der Waals surface area contributed by atoms with Crippen molar-refractivity contribution in [2.75, 3.05) is 6.61 Å². The van der Waals surface area contributed by atoms with Gasteiger partial charge in [0.2, 0.25) is 11.8 Å². The lowest BCUT2D eigenvalue weighted by atomic mass is 9.93. The van der Waals surface area contributed by atoms with Crippen molar-refractivity contribution >= 4 is 33.4 Å². The van der Waals surface area contributed by atoms with Gasteiger partial charge in [0.05, 0.1) is 12.6 Å². The van der Waals surface area contributed by atoms with Gasteiger partial charge in [-0.05, 0) is 0 Å². The average Bonchev–Trinajstić information content (AvgIpc) is 3.15. The van der Waals surface area contributed by atoms with Crippen molar-refractivity contribution in [3.63, 3.8) is 0 Å². The van der Waals surface area contributed by atoms with E-state index in [4.69, 9.17) is 24.0 Å². The fourth-order valence-electron chi connectivity index (χ4n) is 4.28. The number of nitrogens with one attached hydrogen (secondary N) is 3. The fraction of sp³-hybridized carbons (Fsp3) is 0.632. The van der Waals surface area contributed by atoms with Crippen LogP contribution in [0.1, 0.15) is 20.1 Å². The van der Waals surface area contributed by atoms with Gasteiger partial charge in [-0.15, -0.1) is 0 Å². The minimum Gasteiger partial charge on any atom is -0.455 e. The monoisotopic (exact) mass is 662 g/mol. The zero-order valence-electron chi connectivity index (χ0n) is 22.0. The molecule has 3 rings (SSSR count). The molecule has 0 saturated carbocycles. The lowest BCUT2D eigenvalue weighted by Gasteiger charge is -2.42. The van der Waals surface area contributed by atoms with Gasteiger partial charge >= 0.3 is 27.3 Å². The summed E-state index contributed by atoms with van der Waals surface area (Å²) in [7, 11) is -11.0. The number of H-pyrrole nitrogens is 1. The summed E-state index contributed by atoms with van der Waals surface area (Å²) in [6, 6.07) is -2.09. The van der Waals surface area contributed by atoms with Crippen LogP contribution in [0.5, 0.6) is 0 Å². The molecule has 0 radical (unpaired) electrons. The molecule has 0 aliphatic carbocycles. The normalized spacial score (nSPS) is 32.4. The number of hydrogen-bond acceptors (Lipinski definition) is 15. The molecule has 1 aromatic rings. The van der Waals surface area contributed by atoms with Crippen LogP contribution in [-0.2, 0) is 46.6 Å². The first-order valence-electron chi connectivity index (χ1n) is 11.9. The van der Waals surface area contributed by atoms with Gasteiger partial charge in [-0.25, -0.2) is 18.7 Å². The Bertz CT molecular complexity index is 1430. The fourth-order valence-corrected chi connectivity index (χ4v) is 5.88. The lowest BCUT2D eigenvalue weighted by Crippen LogP contribution is -2.69. The van der Waals surface area contributed by atoms with Gasteiger partial charge < -0.3 is 54.8 Å². The van der Waals surface area contributed by atoms with E-state index in [1.807, 2.05) is 4.98 Å². The van der Waals surface area contributed by atoms with E-state index in [9.17, 15) is 53.3 Å². The highest BCUT2D eigenvalue weighted by Crippen LogP contribution is 2.57. The van der Waals surface area contributed by atoms with Gasteiger partial charge in [-0.1, -0.05) is 0 Å². The molecular weight excluding hydrogens is 634 g/mol. The number of phosphoric ester groups is 1. The number of rotatable bonds is 10. The summed E-state index contributed by atoms with van der Waals surface area (Å²) < 4.78 is 47.5. The highest BCUT2D eigenvalue weighted by molar-refractivity contribution is 7.60. The quantitative estimate of drug-likeness (QED) is 0.0836. The summed E-state index contributed by atoms with van der Waals surface area (Å²) >= 11 is 0. The zero-order chi connectivity index (χ0) is 32.4. The Balaban J connectivity index is 1.89. The standard InChI is InChI=1S/C19H28N4O18P2/c1-6(24)20-10-11(21-7(2)25)17(29)40-15(12(10)27)18(30)39-14-8(5-37-43(35,36)41-42(32,33)34)38-16(13(14)28)23-4-3-9(26)22-19(23)31/h3-4,8,10-17,27-29H,5H2,1-2H3,(H,20,24)(H,21,25)(H,35,36)(H,22,26,31)(H2,32,33,34)/t8-,10-,11-,12+,13-,14-,15+,16-,17+/m1/s1. The number of aliphatic hydroxyl groups is 3. The van der Waals surface area contributed by atoms with Crippen molar-refractivity contribution in [2.45, 2.75) is 69.0 Å². The third-order valence-corrected chi connectivity index (χ3v) is 8.08. The number of aromatic amines is 1. The van der Waals surface area contributed by atoms with Crippen LogP contribution in [0.2, 0.25) is 0 Å². The van der Waals surface area contributed by atoms with Crippen molar-refractivity contribution < 1.29 is 76.6 Å². The number of amides is 2. The number of carbonyl (C=O) groups is 3. The molecule has 10 atom stereocenters. The van der Waals surface area contributed by atoms with Gasteiger partial charge in [0.15, 0.2) is 24.7 Å². The smallest absolute Gasteiger partial charge is 0.455 e. The van der Waals surface area contributed by atoms with E-state index in [0.717, 1.165) is 26.1 Å². The van der Waals surface area contributed by atoms with Gasteiger partial charge in [-0.2, -0.15) is 4.31 Å². The molecule has 1 unspecified atom stereocenters. The van der Waals surface area contributed by atoms with Gasteiger partial charge in [0.25, 0.3) is 5.56 Å². The second-order valence-electron chi connectivity index (χ2n) is 9.20. The summed E-state index contributed by atoms with van der Waals surface area (Å²) in [5, 5.41) is 36.6. The Kier molecular flexibility index (Phi) is 10.8. The van der Waals surface area contributed by atoms with E-state index in [1.165, 1.54) is 0 Å². The Morgan fingerprint density at radius 1 is 1.00 bits per heavy atom. The second kappa shape index (κ2) is 13.4. The number of phosphoric acid groups is 2. The number of ether oxygens (including phenoxy) is 3. The lowest BCUT2D eigenvalue weighted by molar-refractivity contribution is -0.235. The summed E-state index contributed by atoms with van der Waals surface area (Å²) in [6.07, 6.45) is -12.7. The Morgan fingerprint density at radius 3 is 2.16 bits per heavy atom. The first-order chi connectivity index (χ1) is 19.8. The van der Waals surface area contributed by atoms with Crippen molar-refractivity contribution in [3.8, 4) is 0 Å². The number of aromatic nitrogens is 2. The van der Waals surface area contributed by atoms with E-state index in [2.05, 4.69) is 19.5 Å². The maximum Gasteiger partial charge on any atom is 0.481 e. The summed E-state index contributed by atoms with van der Waals surface area (Å²) in [5.41, 5.74) is -1.95. The number of nitrogens with zero attached hydrogens (tertiary/aromatic N) is 1. The van der Waals surface area contributed by atoms with Crippen LogP contribution >= 0.6 is 15.6 Å². The Labute approximate surface area is 239 Å². The molecule has 0 aromatic carbocycles. The van der Waals surface area contributed by atoms with E-state index in [0.29, 0.717) is 4.57 Å². The molecular formula is C19H28N4O18P2. The average molecular weight is 662 g/mol. The molecule has 2 saturated heterocycles. The Morgan fingerprint density at radius 2 is 1.60 bits per heavy atom. The summed E-state index contributed by atoms with van der Waals surface area (Å²) in [5.74, 6) is -2.95. The highest BCUT2D eigenvalue weighted by atomic mass is 31.3. The van der Waals surface area contributed by atoms with Crippen LogP contribution in [0.3, 0.4) is 0 Å². The Hall–Kier alpha value is -2.85. The molecule has 2 fully saturated rings. The first kappa shape index (κ1) is 34.6. The van der Waals surface area contributed by atoms with Crippen LogP contribution in [-0.4, -0.2) is 113 Å². The highest BCUT2D eigenvalue weighted by Gasteiger charge is 2.53. The van der Waals surface area contributed by atoms with Crippen LogP contribution in [0, 0.1) is 0 Å². The molecule has 0 bridgehead atoms. The molecule has 22 nitrogen and oxygen atoms in total. The van der Waals surface area contributed by atoms with Crippen LogP contribution in [0.4, 0.5) is 0 Å². The predicted octanol–water partition coefficient (Wildman–Crippen LogP) is -4.98. The molecule has 1 aromatic heterocycles. The maximum atomic E-state index is 13.1. The second-order valence-corrected chi connectivity index (χ2v) is 12.0. The number of hydrogen-bond donors (Lipinski definition) is 9. The minimum atomic E-state index is -5.55. The third-order valence-electron chi connectivity index (χ3n) is 5.93. The molecule has 3 heterocycles. The topological polar surface area (TPSA) is 332 Å².